The number of rotatable bonds is 3. The van der Waals surface area contributed by atoms with Crippen molar-refractivity contribution in [1.29, 1.82) is 0 Å². The van der Waals surface area contributed by atoms with E-state index in [1.54, 1.807) is 0 Å². The highest BCUT2D eigenvalue weighted by atomic mass is 16.5. The highest BCUT2D eigenvalue weighted by Crippen LogP contribution is 2.43. The van der Waals surface area contributed by atoms with Gasteiger partial charge < -0.3 is 14.2 Å². The summed E-state index contributed by atoms with van der Waals surface area (Å²) in [6.45, 7) is 5.01. The first-order chi connectivity index (χ1) is 13.6. The van der Waals surface area contributed by atoms with Crippen molar-refractivity contribution in [3.05, 3.63) is 52.1 Å². The van der Waals surface area contributed by atoms with Crippen molar-refractivity contribution in [3.63, 3.8) is 0 Å². The van der Waals surface area contributed by atoms with Crippen LogP contribution in [0.5, 0.6) is 17.2 Å². The van der Waals surface area contributed by atoms with Gasteiger partial charge in [0.05, 0.1) is 16.7 Å². The minimum atomic E-state index is -0.699. The van der Waals surface area contributed by atoms with Crippen molar-refractivity contribution in [2.24, 2.45) is 0 Å². The molecule has 1 aliphatic rings. The molecule has 0 spiro atoms. The van der Waals surface area contributed by atoms with Gasteiger partial charge in [0.25, 0.3) is 0 Å². The van der Waals surface area contributed by atoms with Crippen LogP contribution in [0.3, 0.4) is 0 Å². The Morgan fingerprint density at radius 2 is 1.31 bits per heavy atom. The number of carbonyl (C=O) groups excluding carboxylic acids is 5. The van der Waals surface area contributed by atoms with Crippen LogP contribution in [0.1, 0.15) is 58.2 Å². The Hall–Kier alpha value is -3.81. The third-order valence-corrected chi connectivity index (χ3v) is 4.13. The fourth-order valence-corrected chi connectivity index (χ4v) is 3.18. The van der Waals surface area contributed by atoms with Crippen molar-refractivity contribution < 1.29 is 38.2 Å². The molecule has 0 amide bonds. The van der Waals surface area contributed by atoms with Crippen molar-refractivity contribution in [2.75, 3.05) is 0 Å². The van der Waals surface area contributed by atoms with Gasteiger partial charge in [-0.25, -0.2) is 0 Å². The second kappa shape index (κ2) is 7.31. The normalized spacial score (nSPS) is 12.0. The van der Waals surface area contributed by atoms with Gasteiger partial charge in [-0.1, -0.05) is 12.1 Å². The minimum Gasteiger partial charge on any atom is -0.426 e. The molecule has 0 saturated carbocycles. The van der Waals surface area contributed by atoms with Crippen LogP contribution in [0, 0.1) is 6.92 Å². The predicted octanol–water partition coefficient (Wildman–Crippen LogP) is 2.55. The number of fused-ring (bicyclic) bond motifs is 2. The molecule has 8 heteroatoms. The zero-order chi connectivity index (χ0) is 21.5. The molecule has 0 fully saturated rings. The molecular weight excluding hydrogens is 380 g/mol. The highest BCUT2D eigenvalue weighted by molar-refractivity contribution is 6.31. The Bertz CT molecular complexity index is 1110. The highest BCUT2D eigenvalue weighted by Gasteiger charge is 2.39. The number of aryl methyl sites for hydroxylation is 1. The van der Waals surface area contributed by atoms with Crippen molar-refractivity contribution in [1.82, 2.24) is 0 Å². The first-order valence-electron chi connectivity index (χ1n) is 8.57. The zero-order valence-corrected chi connectivity index (χ0v) is 16.1. The third kappa shape index (κ3) is 3.52. The van der Waals surface area contributed by atoms with Crippen LogP contribution in [-0.2, 0) is 14.4 Å². The molecule has 2 aromatic rings. The van der Waals surface area contributed by atoms with Gasteiger partial charge >= 0.3 is 17.9 Å². The van der Waals surface area contributed by atoms with Crippen LogP contribution in [0.25, 0.3) is 0 Å². The molecule has 0 unspecified atom stereocenters. The smallest absolute Gasteiger partial charge is 0.308 e. The number of ether oxygens (including phenoxy) is 3. The van der Waals surface area contributed by atoms with Crippen LogP contribution in [-0.4, -0.2) is 29.5 Å². The number of ketones is 2. The second-order valence-electron chi connectivity index (χ2n) is 6.39. The number of hydrogen-bond donors (Lipinski definition) is 0. The lowest BCUT2D eigenvalue weighted by Gasteiger charge is -2.24. The van der Waals surface area contributed by atoms with Gasteiger partial charge in [0.2, 0.25) is 5.78 Å². The molecule has 3 rings (SSSR count). The molecule has 0 bridgehead atoms. The molecular formula is C21H16O8. The van der Waals surface area contributed by atoms with Gasteiger partial charge in [-0.3, -0.25) is 24.0 Å². The van der Waals surface area contributed by atoms with Crippen LogP contribution >= 0.6 is 0 Å². The lowest BCUT2D eigenvalue weighted by atomic mass is 9.81. The molecule has 0 aliphatic heterocycles. The molecule has 29 heavy (non-hydrogen) atoms. The molecule has 0 radical (unpaired) electrons. The topological polar surface area (TPSA) is 113 Å². The Morgan fingerprint density at radius 1 is 0.724 bits per heavy atom. The van der Waals surface area contributed by atoms with E-state index in [9.17, 15) is 24.0 Å². The summed E-state index contributed by atoms with van der Waals surface area (Å²) in [7, 11) is 0. The summed E-state index contributed by atoms with van der Waals surface area (Å²) in [5, 5.41) is 0. The fraction of sp³-hybridized carbons (Fsp3) is 0.190. The second-order valence-corrected chi connectivity index (χ2v) is 6.39. The van der Waals surface area contributed by atoms with Crippen LogP contribution < -0.4 is 14.2 Å². The summed E-state index contributed by atoms with van der Waals surface area (Å²) in [5.41, 5.74) is -0.266. The maximum Gasteiger partial charge on any atom is 0.308 e. The quantitative estimate of drug-likeness (QED) is 0.490. The van der Waals surface area contributed by atoms with E-state index in [1.165, 1.54) is 31.2 Å². The number of hydrogen-bond acceptors (Lipinski definition) is 8. The van der Waals surface area contributed by atoms with Gasteiger partial charge in [-0.15, -0.1) is 0 Å². The summed E-state index contributed by atoms with van der Waals surface area (Å²) < 4.78 is 15.4. The lowest BCUT2D eigenvalue weighted by Crippen LogP contribution is -2.25. The SMILES string of the molecule is CC(=O)Oc1cccc2c1C(=O)c1c(OC(C)=O)c(C)cc(OC(C)=O)c1C2=O. The van der Waals surface area contributed by atoms with E-state index in [0.717, 1.165) is 20.8 Å². The standard InChI is InChI=1S/C21H16O8/c1-9-8-15(28-11(3)23)17-18(21(9)29-12(4)24)20(26)16-13(19(17)25)6-5-7-14(16)27-10(2)22/h5-8H,1-4H3. The molecule has 148 valence electrons. The summed E-state index contributed by atoms with van der Waals surface area (Å²) in [6, 6.07) is 5.59. The molecule has 2 aromatic carbocycles. The van der Waals surface area contributed by atoms with Gasteiger partial charge in [-0.2, -0.15) is 0 Å². The Balaban J connectivity index is 2.36. The Labute approximate surface area is 165 Å². The minimum absolute atomic E-state index is 0.0210. The summed E-state index contributed by atoms with van der Waals surface area (Å²) in [5.74, 6) is -3.72. The maximum absolute atomic E-state index is 13.4. The van der Waals surface area contributed by atoms with E-state index >= 15 is 0 Å². The average molecular weight is 396 g/mol. The maximum atomic E-state index is 13.4. The molecule has 0 N–H and O–H groups in total. The lowest BCUT2D eigenvalue weighted by molar-refractivity contribution is -0.133. The number of benzene rings is 2. The van der Waals surface area contributed by atoms with E-state index in [0.29, 0.717) is 5.56 Å². The van der Waals surface area contributed by atoms with E-state index in [1.807, 2.05) is 0 Å². The molecule has 8 nitrogen and oxygen atoms in total. The van der Waals surface area contributed by atoms with E-state index in [2.05, 4.69) is 0 Å². The van der Waals surface area contributed by atoms with Crippen molar-refractivity contribution >= 4 is 29.5 Å². The number of esters is 3. The zero-order valence-electron chi connectivity index (χ0n) is 16.1. The van der Waals surface area contributed by atoms with Gasteiger partial charge in [-0.05, 0) is 24.6 Å². The average Bonchev–Trinajstić information content (AvgIpc) is 2.60. The van der Waals surface area contributed by atoms with E-state index in [4.69, 9.17) is 14.2 Å². The molecule has 0 saturated heterocycles. The third-order valence-electron chi connectivity index (χ3n) is 4.13. The van der Waals surface area contributed by atoms with Crippen molar-refractivity contribution in [3.8, 4) is 17.2 Å². The van der Waals surface area contributed by atoms with Crippen LogP contribution in [0.15, 0.2) is 24.3 Å². The number of carbonyl (C=O) groups is 5. The van der Waals surface area contributed by atoms with Crippen molar-refractivity contribution in [2.45, 2.75) is 27.7 Å². The van der Waals surface area contributed by atoms with Gasteiger partial charge in [0.1, 0.15) is 17.2 Å². The molecule has 0 aromatic heterocycles. The van der Waals surface area contributed by atoms with Crippen LogP contribution in [0.4, 0.5) is 0 Å². The summed E-state index contributed by atoms with van der Waals surface area (Å²) in [6.07, 6.45) is 0. The largest absolute Gasteiger partial charge is 0.426 e. The summed E-state index contributed by atoms with van der Waals surface area (Å²) >= 11 is 0. The monoisotopic (exact) mass is 396 g/mol. The van der Waals surface area contributed by atoms with Gasteiger partial charge in [0, 0.05) is 26.3 Å². The van der Waals surface area contributed by atoms with E-state index in [-0.39, 0.29) is 39.5 Å². The van der Waals surface area contributed by atoms with Crippen LogP contribution in [0.2, 0.25) is 0 Å². The first kappa shape index (κ1) is 19.9. The fourth-order valence-electron chi connectivity index (χ4n) is 3.18. The first-order valence-corrected chi connectivity index (χ1v) is 8.57. The predicted molar refractivity (Wildman–Crippen MR) is 98.4 cm³/mol. The Kier molecular flexibility index (Phi) is 5.02. The molecule has 1 aliphatic carbocycles. The molecule has 0 heterocycles. The van der Waals surface area contributed by atoms with E-state index < -0.39 is 29.5 Å². The molecule has 0 atom stereocenters. The van der Waals surface area contributed by atoms with Gasteiger partial charge in [0.15, 0.2) is 5.78 Å². The summed E-state index contributed by atoms with van der Waals surface area (Å²) in [4.78, 5) is 61.1. The Morgan fingerprint density at radius 3 is 1.90 bits per heavy atom.